The van der Waals surface area contributed by atoms with E-state index in [2.05, 4.69) is 12.8 Å². The fourth-order valence-corrected chi connectivity index (χ4v) is 1.18. The first-order valence-corrected chi connectivity index (χ1v) is 4.85. The lowest BCUT2D eigenvalue weighted by molar-refractivity contribution is 0.594. The van der Waals surface area contributed by atoms with Crippen LogP contribution in [0.15, 0.2) is 0 Å². The van der Waals surface area contributed by atoms with Crippen LogP contribution in [0.5, 0.6) is 0 Å². The zero-order chi connectivity index (χ0) is 8.36. The van der Waals surface area contributed by atoms with Crippen LogP contribution in [-0.4, -0.2) is 0 Å². The van der Waals surface area contributed by atoms with Gasteiger partial charge in [0.1, 0.15) is 0 Å². The first-order chi connectivity index (χ1) is 5.41. The van der Waals surface area contributed by atoms with Crippen molar-refractivity contribution in [3.05, 3.63) is 0 Å². The van der Waals surface area contributed by atoms with Crippen molar-refractivity contribution >= 4 is 0 Å². The second-order valence-electron chi connectivity index (χ2n) is 3.08. The lowest BCUT2D eigenvalue weighted by Gasteiger charge is -1.97. The zero-order valence-corrected chi connectivity index (χ0v) is 7.73. The van der Waals surface area contributed by atoms with Crippen molar-refractivity contribution in [1.29, 1.82) is 0 Å². The SMILES string of the molecule is C#CCCCCCCCCC. The molecule has 0 aromatic carbocycles. The Bertz CT molecular complexity index is 97.1. The first kappa shape index (κ1) is 10.6. The summed E-state index contributed by atoms with van der Waals surface area (Å²) in [6.07, 6.45) is 15.6. The molecule has 0 amide bonds. The van der Waals surface area contributed by atoms with E-state index in [1.807, 2.05) is 0 Å². The summed E-state index contributed by atoms with van der Waals surface area (Å²) in [6, 6.07) is 0. The Labute approximate surface area is 71.4 Å². The molecule has 0 radical (unpaired) electrons. The molecule has 0 heterocycles. The van der Waals surface area contributed by atoms with Crippen molar-refractivity contribution < 1.29 is 0 Å². The molecule has 64 valence electrons. The molecule has 0 fully saturated rings. The summed E-state index contributed by atoms with van der Waals surface area (Å²) in [6.45, 7) is 2.25. The van der Waals surface area contributed by atoms with Crippen LogP contribution >= 0.6 is 0 Å². The molecule has 0 aromatic rings. The van der Waals surface area contributed by atoms with E-state index >= 15 is 0 Å². The van der Waals surface area contributed by atoms with Gasteiger partial charge in [0.05, 0.1) is 0 Å². The molecule has 0 atom stereocenters. The van der Waals surface area contributed by atoms with Gasteiger partial charge >= 0.3 is 0 Å². The van der Waals surface area contributed by atoms with Crippen LogP contribution in [-0.2, 0) is 0 Å². The van der Waals surface area contributed by atoms with Crippen LogP contribution in [0, 0.1) is 12.3 Å². The van der Waals surface area contributed by atoms with E-state index in [0.717, 1.165) is 6.42 Å². The summed E-state index contributed by atoms with van der Waals surface area (Å²) in [4.78, 5) is 0. The zero-order valence-electron chi connectivity index (χ0n) is 7.73. The van der Waals surface area contributed by atoms with Gasteiger partial charge in [-0.1, -0.05) is 45.4 Å². The number of hydrogen-bond acceptors (Lipinski definition) is 0. The molecular weight excluding hydrogens is 132 g/mol. The topological polar surface area (TPSA) is 0 Å². The van der Waals surface area contributed by atoms with E-state index in [1.165, 1.54) is 44.9 Å². The maximum atomic E-state index is 5.14. The van der Waals surface area contributed by atoms with E-state index < -0.39 is 0 Å². The predicted octanol–water partition coefficient (Wildman–Crippen LogP) is 3.76. The average Bonchev–Trinajstić information content (AvgIpc) is 2.03. The predicted molar refractivity (Wildman–Crippen MR) is 51.4 cm³/mol. The molecule has 0 saturated carbocycles. The van der Waals surface area contributed by atoms with Crippen molar-refractivity contribution in [1.82, 2.24) is 0 Å². The highest BCUT2D eigenvalue weighted by molar-refractivity contribution is 4.82. The Morgan fingerprint density at radius 2 is 1.45 bits per heavy atom. The third kappa shape index (κ3) is 9.56. The maximum Gasteiger partial charge on any atom is 0.00860 e. The van der Waals surface area contributed by atoms with Crippen molar-refractivity contribution in [3.8, 4) is 12.3 Å². The summed E-state index contributed by atoms with van der Waals surface area (Å²) >= 11 is 0. The van der Waals surface area contributed by atoms with E-state index in [0.29, 0.717) is 0 Å². The highest BCUT2D eigenvalue weighted by atomic mass is 13.9. The second kappa shape index (κ2) is 9.56. The van der Waals surface area contributed by atoms with Gasteiger partial charge in [0.2, 0.25) is 0 Å². The smallest absolute Gasteiger partial charge is 0.00860 e. The van der Waals surface area contributed by atoms with Gasteiger partial charge in [0, 0.05) is 6.42 Å². The molecule has 0 unspecified atom stereocenters. The van der Waals surface area contributed by atoms with Crippen LogP contribution in [0.4, 0.5) is 0 Å². The molecule has 0 bridgehead atoms. The van der Waals surface area contributed by atoms with Gasteiger partial charge in [-0.3, -0.25) is 0 Å². The molecular formula is C11H20. The van der Waals surface area contributed by atoms with Crippen molar-refractivity contribution in [2.75, 3.05) is 0 Å². The van der Waals surface area contributed by atoms with Gasteiger partial charge in [0.15, 0.2) is 0 Å². The van der Waals surface area contributed by atoms with Gasteiger partial charge in [-0.15, -0.1) is 12.3 Å². The largest absolute Gasteiger partial charge is 0.120 e. The monoisotopic (exact) mass is 152 g/mol. The number of rotatable bonds is 7. The van der Waals surface area contributed by atoms with E-state index in [-0.39, 0.29) is 0 Å². The van der Waals surface area contributed by atoms with Gasteiger partial charge < -0.3 is 0 Å². The molecule has 0 aliphatic rings. The summed E-state index contributed by atoms with van der Waals surface area (Å²) in [5.74, 6) is 2.67. The molecule has 0 N–H and O–H groups in total. The normalized spacial score (nSPS) is 9.45. The minimum atomic E-state index is 0.966. The molecule has 0 aromatic heterocycles. The molecule has 0 rings (SSSR count). The molecule has 0 nitrogen and oxygen atoms in total. The molecule has 0 saturated heterocycles. The Morgan fingerprint density at radius 3 is 2.00 bits per heavy atom. The number of unbranched alkanes of at least 4 members (excludes halogenated alkanes) is 7. The highest BCUT2D eigenvalue weighted by Gasteiger charge is 1.88. The number of terminal acetylenes is 1. The second-order valence-corrected chi connectivity index (χ2v) is 3.08. The van der Waals surface area contributed by atoms with E-state index in [4.69, 9.17) is 6.42 Å². The standard InChI is InChI=1S/C11H20/c1-3-5-7-9-11-10-8-6-4-2/h1H,4-11H2,2H3. The Balaban J connectivity index is 2.75. The summed E-state index contributed by atoms with van der Waals surface area (Å²) in [7, 11) is 0. The molecule has 0 aliphatic carbocycles. The van der Waals surface area contributed by atoms with Crippen LogP contribution in [0.25, 0.3) is 0 Å². The number of hydrogen-bond donors (Lipinski definition) is 0. The van der Waals surface area contributed by atoms with Gasteiger partial charge in [-0.2, -0.15) is 0 Å². The van der Waals surface area contributed by atoms with Crippen LogP contribution in [0.3, 0.4) is 0 Å². The van der Waals surface area contributed by atoms with Gasteiger partial charge in [-0.25, -0.2) is 0 Å². The highest BCUT2D eigenvalue weighted by Crippen LogP contribution is 2.07. The lowest BCUT2D eigenvalue weighted by atomic mass is 10.1. The average molecular weight is 152 g/mol. The van der Waals surface area contributed by atoms with Crippen LogP contribution in [0.2, 0.25) is 0 Å². The quantitative estimate of drug-likeness (QED) is 0.385. The van der Waals surface area contributed by atoms with Crippen molar-refractivity contribution in [2.24, 2.45) is 0 Å². The van der Waals surface area contributed by atoms with Crippen molar-refractivity contribution in [3.63, 3.8) is 0 Å². The van der Waals surface area contributed by atoms with Crippen molar-refractivity contribution in [2.45, 2.75) is 58.3 Å². The van der Waals surface area contributed by atoms with Crippen LogP contribution < -0.4 is 0 Å². The minimum absolute atomic E-state index is 0.966. The molecule has 0 spiro atoms. The first-order valence-electron chi connectivity index (χ1n) is 4.85. The summed E-state index contributed by atoms with van der Waals surface area (Å²) in [5, 5.41) is 0. The fraction of sp³-hybridized carbons (Fsp3) is 0.818. The van der Waals surface area contributed by atoms with E-state index in [1.54, 1.807) is 0 Å². The Hall–Kier alpha value is -0.440. The Kier molecular flexibility index (Phi) is 9.18. The maximum absolute atomic E-state index is 5.14. The van der Waals surface area contributed by atoms with E-state index in [9.17, 15) is 0 Å². The van der Waals surface area contributed by atoms with Crippen LogP contribution in [0.1, 0.15) is 58.3 Å². The third-order valence-electron chi connectivity index (χ3n) is 1.92. The van der Waals surface area contributed by atoms with Gasteiger partial charge in [0.25, 0.3) is 0 Å². The molecule has 0 aliphatic heterocycles. The van der Waals surface area contributed by atoms with Gasteiger partial charge in [-0.05, 0) is 6.42 Å². The fourth-order valence-electron chi connectivity index (χ4n) is 1.18. The molecule has 0 heteroatoms. The lowest BCUT2D eigenvalue weighted by Crippen LogP contribution is -1.78. The Morgan fingerprint density at radius 1 is 0.909 bits per heavy atom. The summed E-state index contributed by atoms with van der Waals surface area (Å²) < 4.78 is 0. The molecule has 11 heavy (non-hydrogen) atoms. The summed E-state index contributed by atoms with van der Waals surface area (Å²) in [5.41, 5.74) is 0. The minimum Gasteiger partial charge on any atom is -0.120 e. The third-order valence-corrected chi connectivity index (χ3v) is 1.92.